The van der Waals surface area contributed by atoms with Crippen LogP contribution in [-0.4, -0.2) is 40.4 Å². The molecular weight excluding hydrogens is 360 g/mol. The van der Waals surface area contributed by atoms with E-state index in [9.17, 15) is 23.5 Å². The van der Waals surface area contributed by atoms with E-state index in [1.807, 2.05) is 0 Å². The van der Waals surface area contributed by atoms with Crippen LogP contribution in [0.5, 0.6) is 0 Å². The number of carboxylic acids is 1. The minimum atomic E-state index is -3.39. The highest BCUT2D eigenvalue weighted by atomic mass is 79.9. The largest absolute Gasteiger partial charge is 0.477 e. The number of carbonyl (C=O) groups is 2. The van der Waals surface area contributed by atoms with Crippen molar-refractivity contribution in [2.24, 2.45) is 0 Å². The zero-order valence-electron chi connectivity index (χ0n) is 9.97. The van der Waals surface area contributed by atoms with Crippen molar-refractivity contribution in [3.8, 4) is 0 Å². The first-order valence-corrected chi connectivity index (χ1v) is 6.85. The van der Waals surface area contributed by atoms with Crippen LogP contribution in [0.3, 0.4) is 0 Å². The first-order valence-electron chi connectivity index (χ1n) is 5.24. The minimum absolute atomic E-state index is 0.108. The summed E-state index contributed by atoms with van der Waals surface area (Å²) in [5, 5.41) is 5.83. The van der Waals surface area contributed by atoms with E-state index in [0.29, 0.717) is 0 Å². The number of fused-ring (bicyclic) bond motifs is 1. The Kier molecular flexibility index (Phi) is 3.92. The molecule has 1 N–H and O–H groups in total. The van der Waals surface area contributed by atoms with Crippen LogP contribution in [0.2, 0.25) is 0 Å². The third-order valence-electron chi connectivity index (χ3n) is 2.64. The summed E-state index contributed by atoms with van der Waals surface area (Å²) in [5.74, 6) is -2.59. The minimum Gasteiger partial charge on any atom is -0.477 e. The molecule has 0 bridgehead atoms. The van der Waals surface area contributed by atoms with Gasteiger partial charge in [0.1, 0.15) is 16.6 Å². The Hall–Kier alpha value is -1.35. The van der Waals surface area contributed by atoms with E-state index in [4.69, 9.17) is 0 Å². The van der Waals surface area contributed by atoms with Gasteiger partial charge in [-0.2, -0.15) is 8.78 Å². The van der Waals surface area contributed by atoms with Crippen molar-refractivity contribution in [2.75, 3.05) is 7.11 Å². The molecule has 20 heavy (non-hydrogen) atoms. The molecule has 9 heteroatoms. The Balaban J connectivity index is 2.63. The second kappa shape index (κ2) is 5.21. The summed E-state index contributed by atoms with van der Waals surface area (Å²) in [6, 6.07) is -1.52. The lowest BCUT2D eigenvalue weighted by Gasteiger charge is -2.41. The summed E-state index contributed by atoms with van der Waals surface area (Å²) >= 11 is 2.89. The summed E-state index contributed by atoms with van der Waals surface area (Å²) in [4.78, 5) is 23.1. The fourth-order valence-corrected chi connectivity index (χ4v) is 3.75. The number of halogens is 3. The zero-order valence-corrected chi connectivity index (χ0v) is 12.4. The molecule has 0 saturated carbocycles. The van der Waals surface area contributed by atoms with E-state index in [0.717, 1.165) is 12.0 Å². The van der Waals surface area contributed by atoms with Crippen LogP contribution < -0.4 is 0 Å². The number of esters is 1. The average Bonchev–Trinajstić information content (AvgIpc) is 2.35. The molecule has 0 aliphatic carbocycles. The van der Waals surface area contributed by atoms with Gasteiger partial charge in [-0.3, -0.25) is 0 Å². The molecule has 2 aliphatic rings. The quantitative estimate of drug-likeness (QED) is 0.755. The standard InChI is InChI=1S/C11H8BrF2NO4S/c1-19-10(18)7-6(9(16)17)15-4-2-3-5(12)8(15)11(13,14)20-7/h2-4,8H,1H3,(H,16,17). The maximum absolute atomic E-state index is 14.2. The fourth-order valence-electron chi connectivity index (χ4n) is 1.86. The number of hydrogen-bond donors (Lipinski definition) is 1. The third kappa shape index (κ3) is 2.35. The van der Waals surface area contributed by atoms with Crippen molar-refractivity contribution in [1.82, 2.24) is 4.90 Å². The Morgan fingerprint density at radius 2 is 2.20 bits per heavy atom. The number of carboxylic acid groups (broad SMARTS) is 1. The molecule has 0 fully saturated rings. The first kappa shape index (κ1) is 15.0. The molecule has 0 saturated heterocycles. The number of methoxy groups -OCH3 is 1. The van der Waals surface area contributed by atoms with E-state index in [1.165, 1.54) is 18.4 Å². The summed E-state index contributed by atoms with van der Waals surface area (Å²) in [7, 11) is 1.00. The molecule has 108 valence electrons. The molecule has 0 amide bonds. The molecule has 2 rings (SSSR count). The zero-order chi connectivity index (χ0) is 15.1. The summed E-state index contributed by atoms with van der Waals surface area (Å²) in [5.41, 5.74) is -0.529. The van der Waals surface area contributed by atoms with Crippen LogP contribution in [0.4, 0.5) is 8.78 Å². The van der Waals surface area contributed by atoms with E-state index in [1.54, 1.807) is 0 Å². The van der Waals surface area contributed by atoms with E-state index in [2.05, 4.69) is 20.7 Å². The van der Waals surface area contributed by atoms with Crippen LogP contribution in [-0.2, 0) is 14.3 Å². The third-order valence-corrected chi connectivity index (χ3v) is 4.40. The highest BCUT2D eigenvalue weighted by Crippen LogP contribution is 2.51. The Labute approximate surface area is 125 Å². The van der Waals surface area contributed by atoms with Crippen LogP contribution in [0.1, 0.15) is 0 Å². The predicted molar refractivity (Wildman–Crippen MR) is 71.0 cm³/mol. The van der Waals surface area contributed by atoms with E-state index in [-0.39, 0.29) is 16.2 Å². The Morgan fingerprint density at radius 3 is 2.75 bits per heavy atom. The smallest absolute Gasteiger partial charge is 0.354 e. The van der Waals surface area contributed by atoms with Crippen LogP contribution in [0.15, 0.2) is 33.4 Å². The second-order valence-electron chi connectivity index (χ2n) is 3.84. The van der Waals surface area contributed by atoms with E-state index < -0.39 is 33.8 Å². The lowest BCUT2D eigenvalue weighted by molar-refractivity contribution is -0.139. The monoisotopic (exact) mass is 367 g/mol. The van der Waals surface area contributed by atoms with Gasteiger partial charge in [0.15, 0.2) is 0 Å². The van der Waals surface area contributed by atoms with Gasteiger partial charge in [0, 0.05) is 10.7 Å². The number of alkyl halides is 2. The number of allylic oxidation sites excluding steroid dienone is 2. The van der Waals surface area contributed by atoms with Gasteiger partial charge in [0.25, 0.3) is 0 Å². The molecule has 0 aromatic carbocycles. The first-order chi connectivity index (χ1) is 9.29. The molecular formula is C11H8BrF2NO4S. The molecule has 1 atom stereocenters. The van der Waals surface area contributed by atoms with Crippen LogP contribution >= 0.6 is 27.7 Å². The number of hydrogen-bond acceptors (Lipinski definition) is 5. The maximum Gasteiger partial charge on any atom is 0.354 e. The number of thioether (sulfide) groups is 1. The van der Waals surface area contributed by atoms with Crippen molar-refractivity contribution in [3.05, 3.63) is 33.4 Å². The summed E-state index contributed by atoms with van der Waals surface area (Å²) in [6.07, 6.45) is 4.00. The normalized spacial score (nSPS) is 24.1. The number of rotatable bonds is 2. The van der Waals surface area contributed by atoms with E-state index >= 15 is 0 Å². The van der Waals surface area contributed by atoms with Gasteiger partial charge in [0.2, 0.25) is 0 Å². The average molecular weight is 368 g/mol. The van der Waals surface area contributed by atoms with Crippen molar-refractivity contribution in [2.45, 2.75) is 11.3 Å². The van der Waals surface area contributed by atoms with Gasteiger partial charge >= 0.3 is 17.2 Å². The molecule has 2 aliphatic heterocycles. The van der Waals surface area contributed by atoms with Crippen LogP contribution in [0, 0.1) is 0 Å². The molecule has 5 nitrogen and oxygen atoms in total. The van der Waals surface area contributed by atoms with Gasteiger partial charge in [-0.05, 0) is 23.9 Å². The van der Waals surface area contributed by atoms with Crippen LogP contribution in [0.25, 0.3) is 0 Å². The van der Waals surface area contributed by atoms with Gasteiger partial charge in [0.05, 0.1) is 7.11 Å². The molecule has 2 heterocycles. The summed E-state index contributed by atoms with van der Waals surface area (Å²) in [6.45, 7) is 0. The Morgan fingerprint density at radius 1 is 1.55 bits per heavy atom. The topological polar surface area (TPSA) is 66.8 Å². The fraction of sp³-hybridized carbons (Fsp3) is 0.273. The molecule has 0 spiro atoms. The number of ether oxygens (including phenoxy) is 1. The van der Waals surface area contributed by atoms with Crippen molar-refractivity contribution < 1.29 is 28.2 Å². The lowest BCUT2D eigenvalue weighted by atomic mass is 10.1. The SMILES string of the molecule is COC(=O)C1=C(C(=O)O)N2C=CC=C(Br)C2C(F)(F)S1. The van der Waals surface area contributed by atoms with Crippen molar-refractivity contribution in [1.29, 1.82) is 0 Å². The lowest BCUT2D eigenvalue weighted by Crippen LogP contribution is -2.49. The van der Waals surface area contributed by atoms with Gasteiger partial charge in [-0.25, -0.2) is 9.59 Å². The summed E-state index contributed by atoms with van der Waals surface area (Å²) < 4.78 is 32.8. The van der Waals surface area contributed by atoms with Gasteiger partial charge < -0.3 is 14.7 Å². The highest BCUT2D eigenvalue weighted by Gasteiger charge is 2.54. The van der Waals surface area contributed by atoms with Crippen molar-refractivity contribution in [3.63, 3.8) is 0 Å². The number of carbonyl (C=O) groups excluding carboxylic acids is 1. The maximum atomic E-state index is 14.2. The van der Waals surface area contributed by atoms with Gasteiger partial charge in [-0.1, -0.05) is 15.9 Å². The molecule has 0 radical (unpaired) electrons. The van der Waals surface area contributed by atoms with Crippen molar-refractivity contribution >= 4 is 39.6 Å². The highest BCUT2D eigenvalue weighted by molar-refractivity contribution is 9.11. The molecule has 1 unspecified atom stereocenters. The number of nitrogens with zero attached hydrogens (tertiary/aromatic N) is 1. The predicted octanol–water partition coefficient (Wildman–Crippen LogP) is 2.27. The number of aliphatic carboxylic acids is 1. The Bertz CT molecular complexity index is 573. The molecule has 0 aromatic rings. The second-order valence-corrected chi connectivity index (χ2v) is 5.91. The van der Waals surface area contributed by atoms with Gasteiger partial charge in [-0.15, -0.1) is 0 Å². The molecule has 0 aromatic heterocycles.